The van der Waals surface area contributed by atoms with Gasteiger partial charge in [-0.05, 0) is 32.6 Å². The molecule has 2 aliphatic heterocycles. The smallest absolute Gasteiger partial charge is 0.325 e. The number of nitrogens with one attached hydrogen (secondary N) is 1. The predicted octanol–water partition coefficient (Wildman–Crippen LogP) is 1.51. The minimum Gasteiger partial charge on any atom is -0.359 e. The summed E-state index contributed by atoms with van der Waals surface area (Å²) in [6, 6.07) is 1.21. The van der Waals surface area contributed by atoms with E-state index in [9.17, 15) is 14.4 Å². The molecule has 3 aliphatic rings. The average molecular weight is 346 g/mol. The molecular weight excluding hydrogens is 324 g/mol. The number of hydrogen-bond acceptors (Lipinski definition) is 5. The van der Waals surface area contributed by atoms with Gasteiger partial charge in [-0.1, -0.05) is 18.0 Å². The Balaban J connectivity index is 1.48. The van der Waals surface area contributed by atoms with Gasteiger partial charge in [0.25, 0.3) is 5.91 Å². The molecule has 4 rings (SSSR count). The molecule has 0 radical (unpaired) electrons. The molecule has 25 heavy (non-hydrogen) atoms. The van der Waals surface area contributed by atoms with Crippen LogP contribution in [-0.2, 0) is 9.59 Å². The summed E-state index contributed by atoms with van der Waals surface area (Å²) >= 11 is 0. The largest absolute Gasteiger partial charge is 0.359 e. The molecule has 3 heterocycles. The molecule has 4 amide bonds. The molecule has 1 N–H and O–H groups in total. The summed E-state index contributed by atoms with van der Waals surface area (Å²) in [4.78, 5) is 40.5. The Hall–Kier alpha value is -2.38. The minimum absolute atomic E-state index is 0.171. The fourth-order valence-electron chi connectivity index (χ4n) is 4.26. The van der Waals surface area contributed by atoms with E-state index in [-0.39, 0.29) is 24.4 Å². The summed E-state index contributed by atoms with van der Waals surface area (Å²) in [5.41, 5.74) is -0.00402. The topological polar surface area (TPSA) is 95.8 Å². The van der Waals surface area contributed by atoms with Gasteiger partial charge >= 0.3 is 6.03 Å². The maximum atomic E-state index is 12.8. The molecular formula is C17H22N4O4. The Morgan fingerprint density at radius 2 is 2.12 bits per heavy atom. The molecule has 134 valence electrons. The van der Waals surface area contributed by atoms with Gasteiger partial charge < -0.3 is 14.7 Å². The highest BCUT2D eigenvalue weighted by Crippen LogP contribution is 2.36. The third-order valence-electron chi connectivity index (χ3n) is 5.54. The van der Waals surface area contributed by atoms with E-state index in [1.54, 1.807) is 4.90 Å². The highest BCUT2D eigenvalue weighted by atomic mass is 16.5. The van der Waals surface area contributed by atoms with Gasteiger partial charge in [0, 0.05) is 12.6 Å². The number of imide groups is 1. The molecule has 1 atom stereocenters. The third kappa shape index (κ3) is 2.60. The fraction of sp³-hybridized carbons (Fsp3) is 0.647. The Morgan fingerprint density at radius 1 is 1.36 bits per heavy atom. The number of rotatable bonds is 3. The Kier molecular flexibility index (Phi) is 3.77. The molecule has 0 aromatic carbocycles. The number of aryl methyl sites for hydroxylation is 1. The molecule has 1 spiro atoms. The van der Waals surface area contributed by atoms with E-state index in [2.05, 4.69) is 10.5 Å². The van der Waals surface area contributed by atoms with Gasteiger partial charge in [0.15, 0.2) is 5.76 Å². The molecule has 8 nitrogen and oxygen atoms in total. The summed E-state index contributed by atoms with van der Waals surface area (Å²) in [6.07, 6.45) is 4.82. The number of likely N-dealkylation sites (tertiary alicyclic amines) is 1. The standard InChI is InChI=1S/C17H22N4O4/c1-11-9-13(25-19-11)12-5-4-8-20(12)14(22)10-21-15(23)17(18-16(21)24)6-2-3-7-17/h9,12H,2-8,10H2,1H3,(H,18,24)/t12-/m1/s1. The van der Waals surface area contributed by atoms with Crippen molar-refractivity contribution in [3.05, 3.63) is 17.5 Å². The number of urea groups is 1. The second-order valence-electron chi connectivity index (χ2n) is 7.23. The predicted molar refractivity (Wildman–Crippen MR) is 86.4 cm³/mol. The summed E-state index contributed by atoms with van der Waals surface area (Å²) in [6.45, 7) is 2.22. The Morgan fingerprint density at radius 3 is 2.80 bits per heavy atom. The summed E-state index contributed by atoms with van der Waals surface area (Å²) < 4.78 is 5.31. The van der Waals surface area contributed by atoms with Crippen molar-refractivity contribution in [2.45, 2.75) is 57.0 Å². The maximum Gasteiger partial charge on any atom is 0.325 e. The molecule has 3 fully saturated rings. The van der Waals surface area contributed by atoms with Crippen molar-refractivity contribution in [2.75, 3.05) is 13.1 Å². The number of hydrogen-bond donors (Lipinski definition) is 1. The second kappa shape index (κ2) is 5.86. The van der Waals surface area contributed by atoms with Crippen LogP contribution in [0, 0.1) is 6.92 Å². The van der Waals surface area contributed by atoms with Crippen molar-refractivity contribution in [3.63, 3.8) is 0 Å². The maximum absolute atomic E-state index is 12.8. The van der Waals surface area contributed by atoms with Crippen LogP contribution in [0.3, 0.4) is 0 Å². The first-order chi connectivity index (χ1) is 12.0. The SMILES string of the molecule is Cc1cc([C@H]2CCCN2C(=O)CN2C(=O)NC3(CCCC3)C2=O)on1. The number of nitrogens with zero attached hydrogens (tertiary/aromatic N) is 3. The van der Waals surface area contributed by atoms with E-state index >= 15 is 0 Å². The van der Waals surface area contributed by atoms with Crippen LogP contribution in [-0.4, -0.2) is 51.4 Å². The molecule has 8 heteroatoms. The van der Waals surface area contributed by atoms with Gasteiger partial charge in [-0.2, -0.15) is 0 Å². The number of amides is 4. The van der Waals surface area contributed by atoms with Crippen LogP contribution < -0.4 is 5.32 Å². The third-order valence-corrected chi connectivity index (χ3v) is 5.54. The van der Waals surface area contributed by atoms with E-state index in [0.29, 0.717) is 25.1 Å². The normalized spacial score (nSPS) is 25.2. The van der Waals surface area contributed by atoms with Gasteiger partial charge in [0.05, 0.1) is 11.7 Å². The summed E-state index contributed by atoms with van der Waals surface area (Å²) in [5.74, 6) is 0.178. The van der Waals surface area contributed by atoms with Gasteiger partial charge in [-0.15, -0.1) is 0 Å². The first-order valence-electron chi connectivity index (χ1n) is 8.87. The van der Waals surface area contributed by atoms with E-state index in [1.165, 1.54) is 0 Å². The monoisotopic (exact) mass is 346 g/mol. The van der Waals surface area contributed by atoms with Gasteiger partial charge in [-0.3, -0.25) is 14.5 Å². The van der Waals surface area contributed by atoms with Crippen LogP contribution in [0.2, 0.25) is 0 Å². The molecule has 1 aromatic rings. The zero-order valence-electron chi connectivity index (χ0n) is 14.3. The van der Waals surface area contributed by atoms with Crippen molar-refractivity contribution >= 4 is 17.8 Å². The van der Waals surface area contributed by atoms with E-state index in [4.69, 9.17) is 4.52 Å². The molecule has 0 bridgehead atoms. The zero-order valence-corrected chi connectivity index (χ0v) is 14.3. The Bertz CT molecular complexity index is 722. The number of carbonyl (C=O) groups is 3. The van der Waals surface area contributed by atoms with Crippen LogP contribution in [0.1, 0.15) is 56.0 Å². The average Bonchev–Trinajstić information content (AvgIpc) is 3.33. The molecule has 1 aliphatic carbocycles. The minimum atomic E-state index is -0.774. The van der Waals surface area contributed by atoms with E-state index in [0.717, 1.165) is 36.3 Å². The second-order valence-corrected chi connectivity index (χ2v) is 7.23. The van der Waals surface area contributed by atoms with Crippen LogP contribution >= 0.6 is 0 Å². The first kappa shape index (κ1) is 16.1. The molecule has 0 unspecified atom stereocenters. The van der Waals surface area contributed by atoms with Gasteiger partial charge in [0.2, 0.25) is 5.91 Å². The fourth-order valence-corrected chi connectivity index (χ4v) is 4.26. The molecule has 1 aromatic heterocycles. The lowest BCUT2D eigenvalue weighted by Crippen LogP contribution is -2.46. The summed E-state index contributed by atoms with van der Waals surface area (Å²) in [5, 5.41) is 6.70. The molecule has 2 saturated heterocycles. The highest BCUT2D eigenvalue weighted by molar-refractivity contribution is 6.09. The number of aromatic nitrogens is 1. The quantitative estimate of drug-likeness (QED) is 0.837. The highest BCUT2D eigenvalue weighted by Gasteiger charge is 2.53. The van der Waals surface area contributed by atoms with Crippen molar-refractivity contribution in [2.24, 2.45) is 0 Å². The van der Waals surface area contributed by atoms with Crippen LogP contribution in [0.5, 0.6) is 0 Å². The van der Waals surface area contributed by atoms with Crippen LogP contribution in [0.4, 0.5) is 4.79 Å². The Labute approximate surface area is 145 Å². The van der Waals surface area contributed by atoms with Crippen LogP contribution in [0.15, 0.2) is 10.6 Å². The lowest BCUT2D eigenvalue weighted by Gasteiger charge is -2.25. The van der Waals surface area contributed by atoms with Crippen LogP contribution in [0.25, 0.3) is 0 Å². The van der Waals surface area contributed by atoms with E-state index in [1.807, 2.05) is 13.0 Å². The lowest BCUT2D eigenvalue weighted by atomic mass is 9.98. The van der Waals surface area contributed by atoms with E-state index < -0.39 is 11.6 Å². The van der Waals surface area contributed by atoms with Crippen molar-refractivity contribution in [1.29, 1.82) is 0 Å². The van der Waals surface area contributed by atoms with Gasteiger partial charge in [0.1, 0.15) is 12.1 Å². The number of carbonyl (C=O) groups excluding carboxylic acids is 3. The van der Waals surface area contributed by atoms with Crippen molar-refractivity contribution in [1.82, 2.24) is 20.3 Å². The zero-order chi connectivity index (χ0) is 17.6. The summed E-state index contributed by atoms with van der Waals surface area (Å²) in [7, 11) is 0. The molecule has 1 saturated carbocycles. The van der Waals surface area contributed by atoms with Gasteiger partial charge in [-0.25, -0.2) is 4.79 Å². The lowest BCUT2D eigenvalue weighted by molar-refractivity contribution is -0.139. The first-order valence-corrected chi connectivity index (χ1v) is 8.87. The van der Waals surface area contributed by atoms with Crippen molar-refractivity contribution < 1.29 is 18.9 Å². The van der Waals surface area contributed by atoms with Crippen molar-refractivity contribution in [3.8, 4) is 0 Å².